The molecule has 6 N–H and O–H groups in total. The Morgan fingerprint density at radius 3 is 1.76 bits per heavy atom. The molecule has 0 aromatic carbocycles. The van der Waals surface area contributed by atoms with Gasteiger partial charge in [0.2, 0.25) is 0 Å². The molecule has 7 heteroatoms. The largest absolute Gasteiger partial charge is 0.385 e. The molecule has 0 radical (unpaired) electrons. The molecule has 2 atom stereocenters. The summed E-state index contributed by atoms with van der Waals surface area (Å²) in [6, 6.07) is 0.0413. The monoisotopic (exact) mass is 352 g/mol. The van der Waals surface area contributed by atoms with Gasteiger partial charge >= 0.3 is 0 Å². The number of nitrogens with zero attached hydrogens (tertiary/aromatic N) is 2. The highest BCUT2D eigenvalue weighted by Gasteiger charge is 2.22. The summed E-state index contributed by atoms with van der Waals surface area (Å²) in [7, 11) is 0. The van der Waals surface area contributed by atoms with Crippen LogP contribution in [0.2, 0.25) is 0 Å². The van der Waals surface area contributed by atoms with Crippen molar-refractivity contribution < 1.29 is 0 Å². The first-order chi connectivity index (χ1) is 12.2. The third-order valence-electron chi connectivity index (χ3n) is 4.25. The number of allylic oxidation sites excluding steroid dienone is 4. The van der Waals surface area contributed by atoms with Crippen LogP contribution in [0.5, 0.6) is 0 Å². The van der Waals surface area contributed by atoms with Gasteiger partial charge in [-0.15, -0.1) is 11.8 Å². The lowest BCUT2D eigenvalue weighted by molar-refractivity contribution is 0.857. The number of hydrogen-bond donors (Lipinski definition) is 4. The van der Waals surface area contributed by atoms with Crippen LogP contribution in [0.15, 0.2) is 81.4 Å². The highest BCUT2D eigenvalue weighted by molar-refractivity contribution is 8.00. The topological polar surface area (TPSA) is 101 Å². The Balaban J connectivity index is 1.35. The summed E-state index contributed by atoms with van der Waals surface area (Å²) >= 11 is 1.72. The summed E-state index contributed by atoms with van der Waals surface area (Å²) in [4.78, 5) is 9.42. The predicted molar refractivity (Wildman–Crippen MR) is 105 cm³/mol. The van der Waals surface area contributed by atoms with Crippen LogP contribution in [0.3, 0.4) is 0 Å². The second-order valence-electron chi connectivity index (χ2n) is 6.01. The van der Waals surface area contributed by atoms with Gasteiger partial charge in [0.15, 0.2) is 0 Å². The Hall–Kier alpha value is -2.67. The van der Waals surface area contributed by atoms with E-state index in [1.807, 2.05) is 36.5 Å². The number of thioether (sulfide) groups is 1. The lowest BCUT2D eigenvalue weighted by Crippen LogP contribution is -2.39. The van der Waals surface area contributed by atoms with Crippen LogP contribution in [-0.4, -0.2) is 35.3 Å². The third-order valence-corrected chi connectivity index (χ3v) is 5.20. The summed E-state index contributed by atoms with van der Waals surface area (Å²) in [5, 5.41) is 6.39. The Labute approximate surface area is 150 Å². The predicted octanol–water partition coefficient (Wildman–Crippen LogP) is 1.05. The van der Waals surface area contributed by atoms with Gasteiger partial charge in [-0.1, -0.05) is 48.6 Å². The lowest BCUT2D eigenvalue weighted by atomic mass is 10.0. The molecule has 0 spiro atoms. The van der Waals surface area contributed by atoms with Crippen LogP contribution in [0, 0.1) is 0 Å². The summed E-state index contributed by atoms with van der Waals surface area (Å²) < 4.78 is 0. The van der Waals surface area contributed by atoms with Crippen LogP contribution in [0.1, 0.15) is 0 Å². The van der Waals surface area contributed by atoms with Crippen molar-refractivity contribution in [3.8, 4) is 0 Å². The first-order valence-corrected chi connectivity index (χ1v) is 9.30. The molecule has 0 saturated heterocycles. The van der Waals surface area contributed by atoms with Crippen LogP contribution in [0.25, 0.3) is 0 Å². The van der Waals surface area contributed by atoms with Crippen LogP contribution < -0.4 is 22.1 Å². The fraction of sp³-hybridized carbons (Fsp3) is 0.222. The highest BCUT2D eigenvalue weighted by atomic mass is 32.2. The van der Waals surface area contributed by atoms with Gasteiger partial charge in [0.05, 0.1) is 23.6 Å². The van der Waals surface area contributed by atoms with Crippen molar-refractivity contribution >= 4 is 23.4 Å². The van der Waals surface area contributed by atoms with Gasteiger partial charge < -0.3 is 22.1 Å². The molecule has 4 aliphatic rings. The molecule has 6 nitrogen and oxygen atoms in total. The number of rotatable bonds is 4. The molecule has 4 rings (SSSR count). The molecule has 128 valence electrons. The smallest absolute Gasteiger partial charge is 0.113 e. The van der Waals surface area contributed by atoms with Crippen molar-refractivity contribution in [2.24, 2.45) is 21.5 Å². The van der Waals surface area contributed by atoms with Gasteiger partial charge in [0.1, 0.15) is 23.3 Å². The molecule has 0 bridgehead atoms. The van der Waals surface area contributed by atoms with Gasteiger partial charge in [-0.3, -0.25) is 9.98 Å². The first-order valence-electron chi connectivity index (χ1n) is 8.15. The lowest BCUT2D eigenvalue weighted by Gasteiger charge is -2.25. The quantitative estimate of drug-likeness (QED) is 0.606. The molecular formula is C18H20N6S. The molecule has 25 heavy (non-hydrogen) atoms. The number of nitrogens with two attached hydrogens (primary N) is 2. The molecule has 2 aliphatic heterocycles. The summed E-state index contributed by atoms with van der Waals surface area (Å²) in [5.41, 5.74) is 14.3. The molecule has 0 amide bonds. The van der Waals surface area contributed by atoms with Crippen LogP contribution in [-0.2, 0) is 0 Å². The number of fused-ring (bicyclic) bond motifs is 2. The standard InChI is InChI=1S/C18H20N6S/c19-17-11-5-1-3-7-13(11)21-15(23-17)9-25-10-16-22-14-8-4-2-6-12(14)18(20)24-16/h1-8,13-14H,9-10,19-20H2,(H,21,23)(H,22,24)/t13-,14-/m0/s1. The zero-order chi connectivity index (χ0) is 17.2. The van der Waals surface area contributed by atoms with E-state index >= 15 is 0 Å². The second-order valence-corrected chi connectivity index (χ2v) is 7.00. The molecule has 0 fully saturated rings. The maximum atomic E-state index is 6.11. The minimum absolute atomic E-state index is 0.0206. The Bertz CT molecular complexity index is 757. The van der Waals surface area contributed by atoms with Crippen molar-refractivity contribution in [2.45, 2.75) is 12.1 Å². The van der Waals surface area contributed by atoms with Crippen molar-refractivity contribution in [1.29, 1.82) is 0 Å². The van der Waals surface area contributed by atoms with E-state index in [1.165, 1.54) is 0 Å². The summed E-state index contributed by atoms with van der Waals surface area (Å²) in [6.07, 6.45) is 16.1. The summed E-state index contributed by atoms with van der Waals surface area (Å²) in [5.74, 6) is 4.61. The molecule has 2 heterocycles. The highest BCUT2D eigenvalue weighted by Crippen LogP contribution is 2.22. The minimum Gasteiger partial charge on any atom is -0.385 e. The SMILES string of the molecule is NC1=C2C=CC=C[C@@H]2N=C(CSCC2=N[C@H]3C=CC=CC3=C(N)N2)N1. The zero-order valence-corrected chi connectivity index (χ0v) is 14.5. The number of hydrogen-bond acceptors (Lipinski definition) is 7. The van der Waals surface area contributed by atoms with E-state index in [4.69, 9.17) is 21.5 Å². The molecule has 0 aromatic heterocycles. The number of nitrogens with one attached hydrogen (secondary N) is 2. The molecule has 0 saturated carbocycles. The zero-order valence-electron chi connectivity index (χ0n) is 13.6. The number of aliphatic imine (C=N–C) groups is 2. The minimum atomic E-state index is 0.0206. The normalized spacial score (nSPS) is 26.6. The second kappa shape index (κ2) is 6.68. The Kier molecular flexibility index (Phi) is 4.23. The fourth-order valence-electron chi connectivity index (χ4n) is 3.03. The van der Waals surface area contributed by atoms with Crippen LogP contribution in [0.4, 0.5) is 0 Å². The number of amidine groups is 2. The Morgan fingerprint density at radius 2 is 1.28 bits per heavy atom. The third kappa shape index (κ3) is 3.28. The van der Waals surface area contributed by atoms with Crippen molar-refractivity contribution in [2.75, 3.05) is 11.5 Å². The molecule has 0 aromatic rings. The van der Waals surface area contributed by atoms with Crippen LogP contribution >= 0.6 is 11.8 Å². The van der Waals surface area contributed by atoms with Gasteiger partial charge in [-0.25, -0.2) is 0 Å². The van der Waals surface area contributed by atoms with Gasteiger partial charge in [-0.2, -0.15) is 0 Å². The van der Waals surface area contributed by atoms with E-state index in [2.05, 4.69) is 22.8 Å². The average Bonchev–Trinajstić information content (AvgIpc) is 2.62. The average molecular weight is 352 g/mol. The summed E-state index contributed by atoms with van der Waals surface area (Å²) in [6.45, 7) is 0. The van der Waals surface area contributed by atoms with Crippen molar-refractivity contribution in [1.82, 2.24) is 10.6 Å². The van der Waals surface area contributed by atoms with Gasteiger partial charge in [-0.05, 0) is 0 Å². The van der Waals surface area contributed by atoms with Crippen molar-refractivity contribution in [3.63, 3.8) is 0 Å². The molecule has 2 aliphatic carbocycles. The van der Waals surface area contributed by atoms with E-state index in [0.717, 1.165) is 34.3 Å². The maximum Gasteiger partial charge on any atom is 0.113 e. The Morgan fingerprint density at radius 1 is 0.800 bits per heavy atom. The van der Waals surface area contributed by atoms with Gasteiger partial charge in [0.25, 0.3) is 0 Å². The van der Waals surface area contributed by atoms with Gasteiger partial charge in [0, 0.05) is 11.1 Å². The maximum absolute atomic E-state index is 6.11. The first kappa shape index (κ1) is 15.8. The van der Waals surface area contributed by atoms with E-state index in [9.17, 15) is 0 Å². The van der Waals surface area contributed by atoms with E-state index in [0.29, 0.717) is 11.6 Å². The van der Waals surface area contributed by atoms with Crippen molar-refractivity contribution in [3.05, 3.63) is 71.4 Å². The van der Waals surface area contributed by atoms with E-state index in [-0.39, 0.29) is 12.1 Å². The fourth-order valence-corrected chi connectivity index (χ4v) is 3.81. The molecule has 0 unspecified atom stereocenters. The molecular weight excluding hydrogens is 332 g/mol. The van der Waals surface area contributed by atoms with E-state index < -0.39 is 0 Å². The van der Waals surface area contributed by atoms with E-state index in [1.54, 1.807) is 11.8 Å².